The molecular formula is C26H26ClN5O4S. The van der Waals surface area contributed by atoms with E-state index in [4.69, 9.17) is 16.3 Å². The average Bonchev–Trinajstić information content (AvgIpc) is 3.60. The molecule has 2 aliphatic rings. The molecule has 2 fully saturated rings. The molecular weight excluding hydrogens is 514 g/mol. The molecule has 2 saturated heterocycles. The number of carbonyl (C=O) groups excluding carboxylic acids is 3. The number of halogens is 1. The summed E-state index contributed by atoms with van der Waals surface area (Å²) in [7, 11) is 0. The van der Waals surface area contributed by atoms with Crippen molar-refractivity contribution in [1.82, 2.24) is 10.2 Å². The lowest BCUT2D eigenvalue weighted by Gasteiger charge is -2.17. The minimum Gasteiger partial charge on any atom is -0.494 e. The minimum absolute atomic E-state index is 0.00967. The lowest BCUT2D eigenvalue weighted by Crippen LogP contribution is -2.28. The van der Waals surface area contributed by atoms with Gasteiger partial charge in [0.25, 0.3) is 0 Å². The van der Waals surface area contributed by atoms with Crippen LogP contribution in [0.5, 0.6) is 5.75 Å². The van der Waals surface area contributed by atoms with Crippen LogP contribution in [0.1, 0.15) is 36.3 Å². The van der Waals surface area contributed by atoms with Crippen molar-refractivity contribution in [2.75, 3.05) is 34.8 Å². The number of aromatic nitrogens is 2. The van der Waals surface area contributed by atoms with Crippen molar-refractivity contribution in [2.45, 2.75) is 32.6 Å². The van der Waals surface area contributed by atoms with Gasteiger partial charge in [-0.1, -0.05) is 29.0 Å². The summed E-state index contributed by atoms with van der Waals surface area (Å²) in [5.41, 5.74) is 2.43. The number of anilines is 3. The third-order valence-electron chi connectivity index (χ3n) is 6.57. The molecule has 1 aromatic heterocycles. The Hall–Kier alpha value is -3.50. The molecule has 37 heavy (non-hydrogen) atoms. The molecule has 3 heterocycles. The molecule has 5 rings (SSSR count). The lowest BCUT2D eigenvalue weighted by molar-refractivity contribution is -0.122. The van der Waals surface area contributed by atoms with E-state index in [1.54, 1.807) is 15.9 Å². The first kappa shape index (κ1) is 25.2. The second kappa shape index (κ2) is 10.5. The Morgan fingerprint density at radius 1 is 1.05 bits per heavy atom. The van der Waals surface area contributed by atoms with Gasteiger partial charge in [0.05, 0.1) is 12.5 Å². The third kappa shape index (κ3) is 5.30. The number of ether oxygens (including phenoxy) is 1. The van der Waals surface area contributed by atoms with Crippen LogP contribution in [-0.2, 0) is 14.4 Å². The van der Waals surface area contributed by atoms with Gasteiger partial charge >= 0.3 is 0 Å². The molecule has 2 atom stereocenters. The topological polar surface area (TPSA) is 105 Å². The van der Waals surface area contributed by atoms with Gasteiger partial charge in [-0.2, -0.15) is 0 Å². The molecule has 2 aliphatic heterocycles. The number of aryl methyl sites for hydroxylation is 1. The number of hydrogen-bond donors (Lipinski definition) is 1. The largest absolute Gasteiger partial charge is 0.494 e. The zero-order valence-corrected chi connectivity index (χ0v) is 22.0. The van der Waals surface area contributed by atoms with Crippen LogP contribution in [0.2, 0.25) is 5.02 Å². The van der Waals surface area contributed by atoms with E-state index in [0.29, 0.717) is 34.7 Å². The molecule has 3 aromatic rings. The molecule has 2 aromatic carbocycles. The van der Waals surface area contributed by atoms with Crippen LogP contribution >= 0.6 is 22.9 Å². The Labute approximate surface area is 223 Å². The SMILES string of the molecule is CCOc1ccc(N2CC(C(=O)Nc3nnc(C4CC(=O)N(c5ccc(C)c(Cl)c5)C4)s3)CC2=O)cc1. The summed E-state index contributed by atoms with van der Waals surface area (Å²) in [5, 5.41) is 12.8. The highest BCUT2D eigenvalue weighted by atomic mass is 35.5. The van der Waals surface area contributed by atoms with Gasteiger partial charge in [0.15, 0.2) is 0 Å². The smallest absolute Gasteiger partial charge is 0.231 e. The molecule has 11 heteroatoms. The standard InChI is InChI=1S/C26H26ClN5O4S/c1-3-36-20-8-6-18(7-9-20)31-13-16(10-22(31)33)24(35)28-26-30-29-25(37-26)17-11-23(34)32(14-17)19-5-4-15(2)21(27)12-19/h4-9,12,16-17H,3,10-11,13-14H2,1-2H3,(H,28,30,35). The Morgan fingerprint density at radius 3 is 2.49 bits per heavy atom. The first-order valence-electron chi connectivity index (χ1n) is 12.1. The van der Waals surface area contributed by atoms with Gasteiger partial charge in [-0.3, -0.25) is 14.4 Å². The van der Waals surface area contributed by atoms with Crippen LogP contribution in [0.3, 0.4) is 0 Å². The quantitative estimate of drug-likeness (QED) is 0.477. The highest BCUT2D eigenvalue weighted by Gasteiger charge is 2.37. The average molecular weight is 540 g/mol. The number of benzene rings is 2. The molecule has 0 bridgehead atoms. The second-order valence-electron chi connectivity index (χ2n) is 9.11. The number of nitrogens with one attached hydrogen (secondary N) is 1. The summed E-state index contributed by atoms with van der Waals surface area (Å²) in [5.74, 6) is -0.287. The van der Waals surface area contributed by atoms with Crippen LogP contribution in [0.25, 0.3) is 0 Å². The number of carbonyl (C=O) groups is 3. The van der Waals surface area contributed by atoms with Crippen molar-refractivity contribution in [3.05, 3.63) is 58.1 Å². The fourth-order valence-electron chi connectivity index (χ4n) is 4.55. The van der Waals surface area contributed by atoms with Gasteiger partial charge in [-0.15, -0.1) is 10.2 Å². The molecule has 3 amide bonds. The van der Waals surface area contributed by atoms with Crippen molar-refractivity contribution >= 4 is 57.2 Å². The van der Waals surface area contributed by atoms with Crippen molar-refractivity contribution in [1.29, 1.82) is 0 Å². The molecule has 0 aliphatic carbocycles. The highest BCUT2D eigenvalue weighted by molar-refractivity contribution is 7.15. The van der Waals surface area contributed by atoms with E-state index >= 15 is 0 Å². The number of rotatable bonds is 7. The Balaban J connectivity index is 1.20. The summed E-state index contributed by atoms with van der Waals surface area (Å²) in [6.07, 6.45) is 0.429. The van der Waals surface area contributed by atoms with Crippen LogP contribution < -0.4 is 19.9 Å². The fourth-order valence-corrected chi connectivity index (χ4v) is 5.56. The van der Waals surface area contributed by atoms with E-state index < -0.39 is 5.92 Å². The summed E-state index contributed by atoms with van der Waals surface area (Å²) in [6, 6.07) is 12.8. The minimum atomic E-state index is -0.499. The zero-order valence-electron chi connectivity index (χ0n) is 20.4. The normalized spacial score (nSPS) is 19.5. The van der Waals surface area contributed by atoms with Gasteiger partial charge in [0.1, 0.15) is 10.8 Å². The van der Waals surface area contributed by atoms with E-state index in [1.807, 2.05) is 50.2 Å². The van der Waals surface area contributed by atoms with E-state index in [0.717, 1.165) is 22.7 Å². The maximum absolute atomic E-state index is 12.9. The van der Waals surface area contributed by atoms with E-state index in [1.165, 1.54) is 11.3 Å². The Bertz CT molecular complexity index is 1340. The van der Waals surface area contributed by atoms with Gasteiger partial charge < -0.3 is 19.9 Å². The molecule has 192 valence electrons. The van der Waals surface area contributed by atoms with Gasteiger partial charge in [-0.25, -0.2) is 0 Å². The van der Waals surface area contributed by atoms with Gasteiger partial charge in [0, 0.05) is 48.2 Å². The van der Waals surface area contributed by atoms with Gasteiger partial charge in [0.2, 0.25) is 22.9 Å². The van der Waals surface area contributed by atoms with Crippen LogP contribution in [0, 0.1) is 12.8 Å². The number of nitrogens with zero attached hydrogens (tertiary/aromatic N) is 4. The summed E-state index contributed by atoms with van der Waals surface area (Å²) >= 11 is 7.50. The maximum atomic E-state index is 12.9. The van der Waals surface area contributed by atoms with Crippen molar-refractivity contribution in [2.24, 2.45) is 5.92 Å². The van der Waals surface area contributed by atoms with Crippen molar-refractivity contribution < 1.29 is 19.1 Å². The van der Waals surface area contributed by atoms with Crippen LogP contribution in [-0.4, -0.2) is 47.6 Å². The van der Waals surface area contributed by atoms with E-state index in [9.17, 15) is 14.4 Å². The van der Waals surface area contributed by atoms with Crippen LogP contribution in [0.4, 0.5) is 16.5 Å². The fraction of sp³-hybridized carbons (Fsp3) is 0.346. The first-order chi connectivity index (χ1) is 17.8. The monoisotopic (exact) mass is 539 g/mol. The summed E-state index contributed by atoms with van der Waals surface area (Å²) in [4.78, 5) is 41.5. The molecule has 0 saturated carbocycles. The van der Waals surface area contributed by atoms with Gasteiger partial charge in [-0.05, 0) is 55.8 Å². The third-order valence-corrected chi connectivity index (χ3v) is 7.98. The first-order valence-corrected chi connectivity index (χ1v) is 13.3. The number of amides is 3. The van der Waals surface area contributed by atoms with Crippen molar-refractivity contribution in [3.8, 4) is 5.75 Å². The maximum Gasteiger partial charge on any atom is 0.231 e. The van der Waals surface area contributed by atoms with Crippen molar-refractivity contribution in [3.63, 3.8) is 0 Å². The molecule has 0 radical (unpaired) electrons. The predicted octanol–water partition coefficient (Wildman–Crippen LogP) is 4.41. The molecule has 2 unspecified atom stereocenters. The molecule has 1 N–H and O–H groups in total. The second-order valence-corrected chi connectivity index (χ2v) is 10.5. The van der Waals surface area contributed by atoms with E-state index in [-0.39, 0.29) is 36.6 Å². The predicted molar refractivity (Wildman–Crippen MR) is 143 cm³/mol. The Kier molecular flexibility index (Phi) is 7.12. The zero-order chi connectivity index (χ0) is 26.1. The number of hydrogen-bond acceptors (Lipinski definition) is 7. The summed E-state index contributed by atoms with van der Waals surface area (Å²) in [6.45, 7) is 5.14. The lowest BCUT2D eigenvalue weighted by atomic mass is 10.1. The molecule has 9 nitrogen and oxygen atoms in total. The summed E-state index contributed by atoms with van der Waals surface area (Å²) < 4.78 is 5.45. The van der Waals surface area contributed by atoms with E-state index in [2.05, 4.69) is 15.5 Å². The Morgan fingerprint density at radius 2 is 1.76 bits per heavy atom. The molecule has 0 spiro atoms. The van der Waals surface area contributed by atoms with Crippen LogP contribution in [0.15, 0.2) is 42.5 Å². The highest BCUT2D eigenvalue weighted by Crippen LogP contribution is 2.36.